The normalized spacial score (nSPS) is 21.8. The van der Waals surface area contributed by atoms with E-state index in [0.29, 0.717) is 6.54 Å². The van der Waals surface area contributed by atoms with Crippen LogP contribution in [0.5, 0.6) is 5.75 Å². The van der Waals surface area contributed by atoms with Crippen LogP contribution in [0, 0.1) is 12.8 Å². The van der Waals surface area contributed by atoms with E-state index in [2.05, 4.69) is 6.07 Å². The molecule has 0 unspecified atom stereocenters. The van der Waals surface area contributed by atoms with E-state index in [1.807, 2.05) is 31.0 Å². The number of nitrogens with two attached hydrogens (primary N) is 1. The molecule has 2 atom stereocenters. The van der Waals surface area contributed by atoms with Gasteiger partial charge in [-0.1, -0.05) is 12.1 Å². The number of hydrogen-bond donors (Lipinski definition) is 1. The molecule has 1 amide bonds. The molecule has 1 aromatic rings. The molecule has 20 heavy (non-hydrogen) atoms. The number of amides is 1. The molecule has 0 spiro atoms. The fourth-order valence-corrected chi connectivity index (χ4v) is 2.94. The molecular weight excluding hydrogens is 252 g/mol. The minimum Gasteiger partial charge on any atom is -0.496 e. The van der Waals surface area contributed by atoms with Crippen LogP contribution in [-0.2, 0) is 11.3 Å². The number of carbonyl (C=O) groups excluding carboxylic acids is 1. The SMILES string of the molecule is COc1ccc(CN(C)C(=O)[C@H]2CC[C@H](N)C2)cc1C. The lowest BCUT2D eigenvalue weighted by Crippen LogP contribution is -2.32. The number of hydrogen-bond acceptors (Lipinski definition) is 3. The quantitative estimate of drug-likeness (QED) is 0.916. The van der Waals surface area contributed by atoms with Crippen LogP contribution in [-0.4, -0.2) is 31.0 Å². The monoisotopic (exact) mass is 276 g/mol. The average Bonchev–Trinajstić information content (AvgIpc) is 2.84. The largest absolute Gasteiger partial charge is 0.496 e. The maximum atomic E-state index is 12.3. The molecule has 0 aromatic heterocycles. The molecule has 2 N–H and O–H groups in total. The number of rotatable bonds is 4. The van der Waals surface area contributed by atoms with E-state index in [0.717, 1.165) is 36.1 Å². The highest BCUT2D eigenvalue weighted by molar-refractivity contribution is 5.79. The fraction of sp³-hybridized carbons (Fsp3) is 0.562. The van der Waals surface area contributed by atoms with Gasteiger partial charge >= 0.3 is 0 Å². The summed E-state index contributed by atoms with van der Waals surface area (Å²) in [5, 5.41) is 0. The molecule has 4 heteroatoms. The fourth-order valence-electron chi connectivity index (χ4n) is 2.94. The summed E-state index contributed by atoms with van der Waals surface area (Å²) in [7, 11) is 3.53. The first-order chi connectivity index (χ1) is 9.51. The van der Waals surface area contributed by atoms with E-state index in [9.17, 15) is 4.79 Å². The number of aryl methyl sites for hydroxylation is 1. The molecule has 0 saturated heterocycles. The summed E-state index contributed by atoms with van der Waals surface area (Å²) >= 11 is 0. The summed E-state index contributed by atoms with van der Waals surface area (Å²) < 4.78 is 5.25. The third kappa shape index (κ3) is 3.31. The topological polar surface area (TPSA) is 55.6 Å². The van der Waals surface area contributed by atoms with Gasteiger partial charge in [0.2, 0.25) is 5.91 Å². The third-order valence-corrected chi connectivity index (χ3v) is 4.08. The summed E-state index contributed by atoms with van der Waals surface area (Å²) in [5.41, 5.74) is 8.10. The van der Waals surface area contributed by atoms with Crippen LogP contribution in [0.4, 0.5) is 0 Å². The Balaban J connectivity index is 1.98. The summed E-state index contributed by atoms with van der Waals surface area (Å²) in [5.74, 6) is 1.20. The van der Waals surface area contributed by atoms with Crippen molar-refractivity contribution in [3.63, 3.8) is 0 Å². The zero-order chi connectivity index (χ0) is 14.7. The van der Waals surface area contributed by atoms with Crippen LogP contribution < -0.4 is 10.5 Å². The molecule has 110 valence electrons. The lowest BCUT2D eigenvalue weighted by molar-refractivity contribution is -0.134. The summed E-state index contributed by atoms with van der Waals surface area (Å²) in [4.78, 5) is 14.2. The van der Waals surface area contributed by atoms with Crippen molar-refractivity contribution in [1.82, 2.24) is 4.90 Å². The lowest BCUT2D eigenvalue weighted by atomic mass is 10.1. The van der Waals surface area contributed by atoms with Crippen molar-refractivity contribution in [2.24, 2.45) is 11.7 Å². The van der Waals surface area contributed by atoms with E-state index in [-0.39, 0.29) is 17.9 Å². The standard InChI is InChI=1S/C16H24N2O2/c1-11-8-12(4-7-15(11)20-3)10-18(2)16(19)13-5-6-14(17)9-13/h4,7-8,13-14H,5-6,9-10,17H2,1-3H3/t13-,14-/m0/s1. The first-order valence-corrected chi connectivity index (χ1v) is 7.15. The predicted octanol–water partition coefficient (Wildman–Crippen LogP) is 2.09. The molecular formula is C16H24N2O2. The van der Waals surface area contributed by atoms with Crippen LogP contribution in [0.25, 0.3) is 0 Å². The van der Waals surface area contributed by atoms with E-state index >= 15 is 0 Å². The minimum absolute atomic E-state index is 0.106. The average molecular weight is 276 g/mol. The highest BCUT2D eigenvalue weighted by Gasteiger charge is 2.29. The Morgan fingerprint density at radius 3 is 2.75 bits per heavy atom. The molecule has 0 heterocycles. The van der Waals surface area contributed by atoms with E-state index in [1.165, 1.54) is 0 Å². The van der Waals surface area contributed by atoms with Gasteiger partial charge in [-0.2, -0.15) is 0 Å². The second kappa shape index (κ2) is 6.27. The smallest absolute Gasteiger partial charge is 0.225 e. The van der Waals surface area contributed by atoms with Gasteiger partial charge in [-0.05, 0) is 43.4 Å². The molecule has 1 fully saturated rings. The van der Waals surface area contributed by atoms with E-state index in [4.69, 9.17) is 10.5 Å². The van der Waals surface area contributed by atoms with Gasteiger partial charge in [0.25, 0.3) is 0 Å². The van der Waals surface area contributed by atoms with Crippen molar-refractivity contribution in [1.29, 1.82) is 0 Å². The molecule has 0 aliphatic heterocycles. The molecule has 0 radical (unpaired) electrons. The molecule has 1 aliphatic carbocycles. The molecule has 0 bridgehead atoms. The molecule has 2 rings (SSSR count). The van der Waals surface area contributed by atoms with Gasteiger partial charge in [-0.15, -0.1) is 0 Å². The highest BCUT2D eigenvalue weighted by Crippen LogP contribution is 2.26. The maximum Gasteiger partial charge on any atom is 0.225 e. The third-order valence-electron chi connectivity index (χ3n) is 4.08. The van der Waals surface area contributed by atoms with Gasteiger partial charge in [0.15, 0.2) is 0 Å². The Kier molecular flexibility index (Phi) is 4.65. The predicted molar refractivity (Wildman–Crippen MR) is 79.5 cm³/mol. The van der Waals surface area contributed by atoms with Crippen LogP contribution in [0.15, 0.2) is 18.2 Å². The number of benzene rings is 1. The van der Waals surface area contributed by atoms with E-state index < -0.39 is 0 Å². The Bertz CT molecular complexity index is 487. The van der Waals surface area contributed by atoms with Crippen molar-refractivity contribution in [2.75, 3.05) is 14.2 Å². The van der Waals surface area contributed by atoms with Gasteiger partial charge in [0, 0.05) is 25.6 Å². The Morgan fingerprint density at radius 1 is 1.45 bits per heavy atom. The lowest BCUT2D eigenvalue weighted by Gasteiger charge is -2.21. The first-order valence-electron chi connectivity index (χ1n) is 7.15. The second-order valence-electron chi connectivity index (χ2n) is 5.77. The van der Waals surface area contributed by atoms with Crippen LogP contribution in [0.3, 0.4) is 0 Å². The number of nitrogens with zero attached hydrogens (tertiary/aromatic N) is 1. The van der Waals surface area contributed by atoms with E-state index in [1.54, 1.807) is 7.11 Å². The highest BCUT2D eigenvalue weighted by atomic mass is 16.5. The maximum absolute atomic E-state index is 12.3. The van der Waals surface area contributed by atoms with Gasteiger partial charge in [0.1, 0.15) is 5.75 Å². The zero-order valence-corrected chi connectivity index (χ0v) is 12.6. The Morgan fingerprint density at radius 2 is 2.20 bits per heavy atom. The van der Waals surface area contributed by atoms with Gasteiger partial charge in [0.05, 0.1) is 7.11 Å². The zero-order valence-electron chi connectivity index (χ0n) is 12.6. The minimum atomic E-state index is 0.106. The Labute approximate surface area is 120 Å². The van der Waals surface area contributed by atoms with Crippen LogP contribution in [0.1, 0.15) is 30.4 Å². The second-order valence-corrected chi connectivity index (χ2v) is 5.77. The molecule has 1 aromatic carbocycles. The van der Waals surface area contributed by atoms with Gasteiger partial charge < -0.3 is 15.4 Å². The number of carbonyl (C=O) groups is 1. The summed E-state index contributed by atoms with van der Waals surface area (Å²) in [6.45, 7) is 2.65. The van der Waals surface area contributed by atoms with Crippen molar-refractivity contribution in [3.8, 4) is 5.75 Å². The van der Waals surface area contributed by atoms with Gasteiger partial charge in [-0.3, -0.25) is 4.79 Å². The Hall–Kier alpha value is -1.55. The molecule has 1 aliphatic rings. The van der Waals surface area contributed by atoms with Crippen molar-refractivity contribution < 1.29 is 9.53 Å². The van der Waals surface area contributed by atoms with Crippen LogP contribution >= 0.6 is 0 Å². The molecule has 1 saturated carbocycles. The number of methoxy groups -OCH3 is 1. The van der Waals surface area contributed by atoms with Gasteiger partial charge in [-0.25, -0.2) is 0 Å². The first kappa shape index (κ1) is 14.9. The summed E-state index contributed by atoms with van der Waals surface area (Å²) in [6.07, 6.45) is 2.71. The van der Waals surface area contributed by atoms with Crippen molar-refractivity contribution >= 4 is 5.91 Å². The number of ether oxygens (including phenoxy) is 1. The van der Waals surface area contributed by atoms with Crippen molar-refractivity contribution in [2.45, 2.75) is 38.8 Å². The van der Waals surface area contributed by atoms with Crippen LogP contribution in [0.2, 0.25) is 0 Å². The van der Waals surface area contributed by atoms with Crippen molar-refractivity contribution in [3.05, 3.63) is 29.3 Å². The summed E-state index contributed by atoms with van der Waals surface area (Å²) in [6, 6.07) is 6.23. The molecule has 4 nitrogen and oxygen atoms in total.